The van der Waals surface area contributed by atoms with E-state index in [4.69, 9.17) is 15.0 Å². The molecule has 4 atom stereocenters. The zero-order chi connectivity index (χ0) is 20.7. The molecular formula is C17H19F2N5O5. The number of aromatic nitrogens is 2. The summed E-state index contributed by atoms with van der Waals surface area (Å²) in [5.41, 5.74) is 0.596. The Labute approximate surface area is 163 Å². The van der Waals surface area contributed by atoms with E-state index in [1.165, 1.54) is 22.0 Å². The first kappa shape index (κ1) is 19.7. The van der Waals surface area contributed by atoms with Crippen LogP contribution < -0.4 is 5.32 Å². The van der Waals surface area contributed by atoms with Crippen molar-refractivity contribution in [3.63, 3.8) is 0 Å². The van der Waals surface area contributed by atoms with Crippen LogP contribution in [0.3, 0.4) is 0 Å². The molecule has 10 nitrogen and oxygen atoms in total. The summed E-state index contributed by atoms with van der Waals surface area (Å²) in [6.07, 6.45) is -3.14. The fourth-order valence-electron chi connectivity index (χ4n) is 3.25. The van der Waals surface area contributed by atoms with Crippen molar-refractivity contribution in [3.8, 4) is 0 Å². The first-order valence-corrected chi connectivity index (χ1v) is 8.77. The third-order valence-corrected chi connectivity index (χ3v) is 4.82. The van der Waals surface area contributed by atoms with Crippen LogP contribution >= 0.6 is 0 Å². The number of rotatable bonds is 5. The number of nitrogens with zero attached hydrogens (tertiary/aromatic N) is 3. The lowest BCUT2D eigenvalue weighted by Gasteiger charge is -2.30. The van der Waals surface area contributed by atoms with Crippen molar-refractivity contribution >= 4 is 11.7 Å². The van der Waals surface area contributed by atoms with E-state index < -0.39 is 42.8 Å². The van der Waals surface area contributed by atoms with Crippen molar-refractivity contribution in [3.05, 3.63) is 47.4 Å². The van der Waals surface area contributed by atoms with Gasteiger partial charge in [-0.15, -0.1) is 0 Å². The maximum atomic E-state index is 13.3. The van der Waals surface area contributed by atoms with E-state index in [1.54, 1.807) is 0 Å². The van der Waals surface area contributed by atoms with Gasteiger partial charge in [-0.1, -0.05) is 6.07 Å². The molecule has 0 saturated carbocycles. The molecule has 2 aliphatic heterocycles. The van der Waals surface area contributed by atoms with Gasteiger partial charge in [0.2, 0.25) is 0 Å². The second kappa shape index (κ2) is 7.65. The Morgan fingerprint density at radius 1 is 1.28 bits per heavy atom. The van der Waals surface area contributed by atoms with Gasteiger partial charge >= 0.3 is 0 Å². The van der Waals surface area contributed by atoms with Crippen LogP contribution in [0.1, 0.15) is 17.5 Å². The monoisotopic (exact) mass is 411 g/mol. The molecule has 0 bridgehead atoms. The number of anilines is 1. The SMILES string of the molecule is N=C1c2ncn([C@@H]3O[C@H](CO)[C@@H](O)[C@H]3O)c2NCN1OCc1ccc(F)c(F)c1. The minimum atomic E-state index is -1.29. The largest absolute Gasteiger partial charge is 0.394 e. The standard InChI is InChI=1S/C17H19F2N5O5/c18-9-2-1-8(3-10(9)19)5-28-24-7-22-16-12(15(24)20)21-6-23(16)17-14(27)13(26)11(4-25)29-17/h1-3,6,11,13-14,17,20,22,25-27H,4-5,7H2/t11-,13-,14-,17-/m1/s1. The summed E-state index contributed by atoms with van der Waals surface area (Å²) in [6.45, 7) is -0.511. The van der Waals surface area contributed by atoms with Gasteiger partial charge in [-0.25, -0.2) is 18.8 Å². The molecule has 0 aliphatic carbocycles. The van der Waals surface area contributed by atoms with Crippen LogP contribution in [0.25, 0.3) is 0 Å². The van der Waals surface area contributed by atoms with E-state index in [2.05, 4.69) is 10.3 Å². The lowest BCUT2D eigenvalue weighted by Crippen LogP contribution is -2.41. The van der Waals surface area contributed by atoms with Gasteiger partial charge < -0.3 is 25.4 Å². The number of imidazole rings is 1. The zero-order valence-electron chi connectivity index (χ0n) is 15.0. The number of fused-ring (bicyclic) bond motifs is 1. The summed E-state index contributed by atoms with van der Waals surface area (Å²) in [5, 5.41) is 41.8. The van der Waals surface area contributed by atoms with Crippen molar-refractivity contribution in [1.82, 2.24) is 14.6 Å². The van der Waals surface area contributed by atoms with Gasteiger partial charge in [-0.05, 0) is 17.7 Å². The van der Waals surface area contributed by atoms with Crippen LogP contribution in [0.4, 0.5) is 14.6 Å². The molecule has 0 spiro atoms. The fraction of sp³-hybridized carbons (Fsp3) is 0.412. The van der Waals surface area contributed by atoms with Gasteiger partial charge in [0.25, 0.3) is 0 Å². The van der Waals surface area contributed by atoms with Crippen LogP contribution in [-0.2, 0) is 16.2 Å². The zero-order valence-corrected chi connectivity index (χ0v) is 15.0. The summed E-state index contributed by atoms with van der Waals surface area (Å²) < 4.78 is 33.2. The number of aliphatic hydroxyl groups is 3. The molecule has 4 rings (SSSR count). The third kappa shape index (κ3) is 3.45. The predicted octanol–water partition coefficient (Wildman–Crippen LogP) is -0.0850. The van der Waals surface area contributed by atoms with E-state index in [0.29, 0.717) is 11.4 Å². The minimum Gasteiger partial charge on any atom is -0.394 e. The van der Waals surface area contributed by atoms with Crippen LogP contribution in [0.15, 0.2) is 24.5 Å². The smallest absolute Gasteiger partial charge is 0.176 e. The molecule has 2 aliphatic rings. The molecule has 2 aromatic rings. The number of amidine groups is 1. The molecule has 1 aromatic heterocycles. The van der Waals surface area contributed by atoms with E-state index in [-0.39, 0.29) is 24.8 Å². The van der Waals surface area contributed by atoms with Crippen molar-refractivity contribution in [2.45, 2.75) is 31.1 Å². The normalized spacial score (nSPS) is 26.5. The molecule has 1 fully saturated rings. The highest BCUT2D eigenvalue weighted by atomic mass is 19.2. The average Bonchev–Trinajstić information content (AvgIpc) is 3.26. The van der Waals surface area contributed by atoms with Gasteiger partial charge in [0.15, 0.2) is 23.7 Å². The van der Waals surface area contributed by atoms with E-state index >= 15 is 0 Å². The quantitative estimate of drug-likeness (QED) is 0.461. The Morgan fingerprint density at radius 3 is 2.76 bits per heavy atom. The molecule has 5 N–H and O–H groups in total. The first-order chi connectivity index (χ1) is 13.9. The average molecular weight is 411 g/mol. The molecular weight excluding hydrogens is 392 g/mol. The third-order valence-electron chi connectivity index (χ3n) is 4.82. The topological polar surface area (TPSA) is 136 Å². The molecule has 0 amide bonds. The number of hydroxylamine groups is 2. The maximum absolute atomic E-state index is 13.3. The van der Waals surface area contributed by atoms with Crippen LogP contribution in [0.2, 0.25) is 0 Å². The van der Waals surface area contributed by atoms with Crippen molar-refractivity contribution in [2.24, 2.45) is 0 Å². The number of aliphatic hydroxyl groups excluding tert-OH is 3. The Hall–Kier alpha value is -2.64. The molecule has 0 radical (unpaired) electrons. The Morgan fingerprint density at radius 2 is 2.07 bits per heavy atom. The number of nitrogens with one attached hydrogen (secondary N) is 2. The minimum absolute atomic E-state index is 0.0377. The number of benzene rings is 1. The molecule has 1 saturated heterocycles. The summed E-state index contributed by atoms with van der Waals surface area (Å²) in [4.78, 5) is 9.63. The summed E-state index contributed by atoms with van der Waals surface area (Å²) >= 11 is 0. The van der Waals surface area contributed by atoms with Crippen molar-refractivity contribution < 1.29 is 33.7 Å². The number of ether oxygens (including phenoxy) is 1. The Bertz CT molecular complexity index is 926. The van der Waals surface area contributed by atoms with Gasteiger partial charge in [0.1, 0.15) is 43.1 Å². The van der Waals surface area contributed by atoms with Crippen molar-refractivity contribution in [1.29, 1.82) is 5.41 Å². The van der Waals surface area contributed by atoms with Crippen LogP contribution in [-0.4, -0.2) is 67.4 Å². The predicted molar refractivity (Wildman–Crippen MR) is 93.5 cm³/mol. The maximum Gasteiger partial charge on any atom is 0.176 e. The van der Waals surface area contributed by atoms with E-state index in [0.717, 1.165) is 12.1 Å². The summed E-state index contributed by atoms with van der Waals surface area (Å²) in [6, 6.07) is 3.38. The molecule has 1 aromatic carbocycles. The van der Waals surface area contributed by atoms with Gasteiger partial charge in [-0.3, -0.25) is 14.8 Å². The Balaban J connectivity index is 1.47. The summed E-state index contributed by atoms with van der Waals surface area (Å²) in [5.74, 6) is -1.66. The second-order valence-corrected chi connectivity index (χ2v) is 6.66. The number of hydrogen-bond acceptors (Lipinski definition) is 8. The second-order valence-electron chi connectivity index (χ2n) is 6.66. The van der Waals surface area contributed by atoms with Crippen molar-refractivity contribution in [2.75, 3.05) is 18.6 Å². The highest BCUT2D eigenvalue weighted by Gasteiger charge is 2.44. The van der Waals surface area contributed by atoms with E-state index in [1.807, 2.05) is 0 Å². The highest BCUT2D eigenvalue weighted by Crippen LogP contribution is 2.34. The van der Waals surface area contributed by atoms with Gasteiger partial charge in [0, 0.05) is 0 Å². The van der Waals surface area contributed by atoms with Gasteiger partial charge in [0.05, 0.1) is 12.9 Å². The summed E-state index contributed by atoms with van der Waals surface area (Å²) in [7, 11) is 0. The highest BCUT2D eigenvalue weighted by molar-refractivity contribution is 5.99. The van der Waals surface area contributed by atoms with Crippen LogP contribution in [0, 0.1) is 17.0 Å². The molecule has 156 valence electrons. The lowest BCUT2D eigenvalue weighted by molar-refractivity contribution is -0.108. The number of hydrogen-bond donors (Lipinski definition) is 5. The van der Waals surface area contributed by atoms with E-state index in [9.17, 15) is 24.1 Å². The fourth-order valence-corrected chi connectivity index (χ4v) is 3.25. The lowest BCUT2D eigenvalue weighted by atomic mass is 10.1. The van der Waals surface area contributed by atoms with Crippen LogP contribution in [0.5, 0.6) is 0 Å². The Kier molecular flexibility index (Phi) is 5.19. The first-order valence-electron chi connectivity index (χ1n) is 8.77. The molecule has 3 heterocycles. The molecule has 12 heteroatoms. The number of halogens is 2. The molecule has 29 heavy (non-hydrogen) atoms. The van der Waals surface area contributed by atoms with Gasteiger partial charge in [-0.2, -0.15) is 0 Å². The molecule has 0 unspecified atom stereocenters.